The van der Waals surface area contributed by atoms with Crippen molar-refractivity contribution in [1.29, 1.82) is 0 Å². The van der Waals surface area contributed by atoms with E-state index in [1.165, 1.54) is 0 Å². The first-order chi connectivity index (χ1) is 17.8. The summed E-state index contributed by atoms with van der Waals surface area (Å²) in [4.78, 5) is 11.2. The number of hydrogen-bond donors (Lipinski definition) is 2. The van der Waals surface area contributed by atoms with Gasteiger partial charge in [-0.2, -0.15) is 5.10 Å². The second kappa shape index (κ2) is 9.13. The fourth-order valence-corrected chi connectivity index (χ4v) is 5.37. The maximum Gasteiger partial charge on any atom is 0.136 e. The van der Waals surface area contributed by atoms with Gasteiger partial charge in [-0.25, -0.2) is 18.3 Å². The summed E-state index contributed by atoms with van der Waals surface area (Å²) in [5.41, 5.74) is 7.68. The van der Waals surface area contributed by atoms with Gasteiger partial charge in [0.1, 0.15) is 23.1 Å². The van der Waals surface area contributed by atoms with Gasteiger partial charge in [-0.15, -0.1) is 0 Å². The molecule has 0 bridgehead atoms. The van der Waals surface area contributed by atoms with Gasteiger partial charge in [0, 0.05) is 49.2 Å². The molecule has 2 aliphatic heterocycles. The third-order valence-electron chi connectivity index (χ3n) is 7.23. The molecular weight excluding hydrogens is 478 g/mol. The molecule has 0 saturated carbocycles. The molecule has 192 valence electrons. The zero-order valence-electron chi connectivity index (χ0n) is 20.4. The van der Waals surface area contributed by atoms with Crippen LogP contribution in [-0.4, -0.2) is 57.0 Å². The minimum absolute atomic E-state index is 0.00639. The normalized spacial score (nSPS) is 21.3. The van der Waals surface area contributed by atoms with E-state index >= 15 is 8.78 Å². The number of anilines is 1. The quantitative estimate of drug-likeness (QED) is 0.429. The molecule has 0 aliphatic carbocycles. The summed E-state index contributed by atoms with van der Waals surface area (Å²) in [6, 6.07) is 7.68. The van der Waals surface area contributed by atoms with E-state index in [-0.39, 0.29) is 36.1 Å². The van der Waals surface area contributed by atoms with Gasteiger partial charge in [0.2, 0.25) is 0 Å². The Kier molecular flexibility index (Phi) is 5.89. The van der Waals surface area contributed by atoms with Crippen LogP contribution in [-0.2, 0) is 16.8 Å². The summed E-state index contributed by atoms with van der Waals surface area (Å²) >= 11 is 0. The van der Waals surface area contributed by atoms with Crippen LogP contribution < -0.4 is 10.6 Å². The van der Waals surface area contributed by atoms with Crippen LogP contribution in [0, 0.1) is 17.6 Å². The molecule has 6 rings (SSSR count). The molecule has 0 unspecified atom stereocenters. The Hall–Kier alpha value is -3.47. The average molecular weight is 507 g/mol. The summed E-state index contributed by atoms with van der Waals surface area (Å²) in [7, 11) is 0. The SMILES string of the molecule is C[C@@H]1C[C@H](N)CN(c2ccncc2Cc2ncc3ccc(-c4c(F)cc(C5(O)COC5)cc4F)nn23)C1. The number of piperidine rings is 1. The summed E-state index contributed by atoms with van der Waals surface area (Å²) in [6.07, 6.45) is 6.70. The highest BCUT2D eigenvalue weighted by molar-refractivity contribution is 5.64. The largest absolute Gasteiger partial charge is 0.380 e. The molecule has 1 aromatic carbocycles. The van der Waals surface area contributed by atoms with Crippen LogP contribution in [0.4, 0.5) is 14.5 Å². The lowest BCUT2D eigenvalue weighted by Crippen LogP contribution is -2.46. The van der Waals surface area contributed by atoms with Crippen LogP contribution in [0.1, 0.15) is 30.3 Å². The van der Waals surface area contributed by atoms with E-state index in [2.05, 4.69) is 26.9 Å². The predicted molar refractivity (Wildman–Crippen MR) is 134 cm³/mol. The third-order valence-corrected chi connectivity index (χ3v) is 7.23. The van der Waals surface area contributed by atoms with E-state index in [4.69, 9.17) is 10.5 Å². The van der Waals surface area contributed by atoms with E-state index in [0.717, 1.165) is 42.9 Å². The fraction of sp³-hybridized carbons (Fsp3) is 0.370. The Morgan fingerprint density at radius 2 is 1.92 bits per heavy atom. The van der Waals surface area contributed by atoms with E-state index in [1.807, 2.05) is 12.3 Å². The van der Waals surface area contributed by atoms with Gasteiger partial charge in [-0.3, -0.25) is 4.98 Å². The molecule has 3 aromatic heterocycles. The van der Waals surface area contributed by atoms with Gasteiger partial charge in [0.15, 0.2) is 0 Å². The van der Waals surface area contributed by atoms with Crippen molar-refractivity contribution in [2.75, 3.05) is 31.2 Å². The zero-order valence-corrected chi connectivity index (χ0v) is 20.4. The summed E-state index contributed by atoms with van der Waals surface area (Å²) in [5.74, 6) is -0.489. The van der Waals surface area contributed by atoms with Crippen LogP contribution in [0.3, 0.4) is 0 Å². The first-order valence-electron chi connectivity index (χ1n) is 12.4. The Balaban J connectivity index is 1.35. The van der Waals surface area contributed by atoms with E-state index in [1.54, 1.807) is 29.0 Å². The smallest absolute Gasteiger partial charge is 0.136 e. The maximum absolute atomic E-state index is 15.1. The number of benzene rings is 1. The van der Waals surface area contributed by atoms with Crippen molar-refractivity contribution in [1.82, 2.24) is 19.6 Å². The zero-order chi connectivity index (χ0) is 25.7. The molecule has 2 fully saturated rings. The minimum Gasteiger partial charge on any atom is -0.380 e. The number of nitrogens with zero attached hydrogens (tertiary/aromatic N) is 5. The second-order valence-electron chi connectivity index (χ2n) is 10.3. The lowest BCUT2D eigenvalue weighted by atomic mass is 9.90. The standard InChI is InChI=1S/C27H28F2N6O2/c1-16-6-19(30)13-34(12-16)24-4-5-31-10-17(24)7-25-32-11-20-2-3-23(33-35(20)25)26-21(28)8-18(9-22(26)29)27(36)14-37-15-27/h2-5,8-11,16,19,36H,6-7,12-15,30H2,1H3/t16-,19+/m1/s1. The number of ether oxygens (including phenoxy) is 1. The molecule has 3 N–H and O–H groups in total. The first kappa shape index (κ1) is 23.9. The number of nitrogens with two attached hydrogens (primary N) is 1. The number of aromatic nitrogens is 4. The van der Waals surface area contributed by atoms with E-state index in [0.29, 0.717) is 23.7 Å². The molecule has 2 aliphatic rings. The summed E-state index contributed by atoms with van der Waals surface area (Å²) < 4.78 is 36.8. The monoisotopic (exact) mass is 506 g/mol. The predicted octanol–water partition coefficient (Wildman–Crippen LogP) is 3.05. The molecule has 0 spiro atoms. The Labute approximate surface area is 212 Å². The number of halogens is 2. The third kappa shape index (κ3) is 4.35. The van der Waals surface area contributed by atoms with Crippen molar-refractivity contribution in [3.8, 4) is 11.3 Å². The molecule has 2 saturated heterocycles. The van der Waals surface area contributed by atoms with Crippen LogP contribution in [0.2, 0.25) is 0 Å². The van der Waals surface area contributed by atoms with Crippen molar-refractivity contribution < 1.29 is 18.6 Å². The van der Waals surface area contributed by atoms with Gasteiger partial charge < -0.3 is 20.5 Å². The van der Waals surface area contributed by atoms with Gasteiger partial charge in [0.25, 0.3) is 0 Å². The van der Waals surface area contributed by atoms with Gasteiger partial charge in [-0.05, 0) is 48.2 Å². The summed E-state index contributed by atoms with van der Waals surface area (Å²) in [5, 5.41) is 15.0. The molecular formula is C27H28F2N6O2. The van der Waals surface area contributed by atoms with Gasteiger partial charge in [-0.1, -0.05) is 6.92 Å². The molecule has 10 heteroatoms. The second-order valence-corrected chi connectivity index (χ2v) is 10.3. The van der Waals surface area contributed by atoms with Crippen molar-refractivity contribution in [2.45, 2.75) is 31.4 Å². The first-order valence-corrected chi connectivity index (χ1v) is 12.4. The Morgan fingerprint density at radius 3 is 2.62 bits per heavy atom. The topological polar surface area (TPSA) is 102 Å². The molecule has 37 heavy (non-hydrogen) atoms. The van der Waals surface area contributed by atoms with Crippen molar-refractivity contribution in [3.05, 3.63) is 77.5 Å². The molecule has 4 aromatic rings. The minimum atomic E-state index is -1.37. The molecule has 2 atom stereocenters. The number of hydrogen-bond acceptors (Lipinski definition) is 7. The lowest BCUT2D eigenvalue weighted by Gasteiger charge is -2.37. The van der Waals surface area contributed by atoms with Gasteiger partial charge >= 0.3 is 0 Å². The molecule has 0 radical (unpaired) electrons. The number of imidazole rings is 1. The Morgan fingerprint density at radius 1 is 1.14 bits per heavy atom. The van der Waals surface area contributed by atoms with E-state index in [9.17, 15) is 5.11 Å². The lowest BCUT2D eigenvalue weighted by molar-refractivity contribution is -0.184. The highest BCUT2D eigenvalue weighted by atomic mass is 19.1. The van der Waals surface area contributed by atoms with Gasteiger partial charge in [0.05, 0.1) is 36.2 Å². The van der Waals surface area contributed by atoms with Crippen LogP contribution in [0.25, 0.3) is 16.8 Å². The molecule has 8 nitrogen and oxygen atoms in total. The highest BCUT2D eigenvalue weighted by Crippen LogP contribution is 2.34. The Bertz CT molecular complexity index is 1440. The number of aliphatic hydroxyl groups is 1. The van der Waals surface area contributed by atoms with Crippen LogP contribution >= 0.6 is 0 Å². The number of rotatable bonds is 5. The number of fused-ring (bicyclic) bond motifs is 1. The van der Waals surface area contributed by atoms with Crippen molar-refractivity contribution in [3.63, 3.8) is 0 Å². The van der Waals surface area contributed by atoms with Crippen LogP contribution in [0.5, 0.6) is 0 Å². The van der Waals surface area contributed by atoms with Crippen LogP contribution in [0.15, 0.2) is 48.9 Å². The fourth-order valence-electron chi connectivity index (χ4n) is 5.37. The number of pyridine rings is 1. The summed E-state index contributed by atoms with van der Waals surface area (Å²) in [6.45, 7) is 3.89. The van der Waals surface area contributed by atoms with Crippen molar-refractivity contribution >= 4 is 11.2 Å². The average Bonchev–Trinajstić information content (AvgIpc) is 3.24. The van der Waals surface area contributed by atoms with Crippen molar-refractivity contribution in [2.24, 2.45) is 11.7 Å². The maximum atomic E-state index is 15.1. The molecule has 5 heterocycles. The van der Waals surface area contributed by atoms with E-state index < -0.39 is 17.2 Å². The molecule has 0 amide bonds. The highest BCUT2D eigenvalue weighted by Gasteiger charge is 2.39.